The van der Waals surface area contributed by atoms with Crippen molar-refractivity contribution >= 4 is 5.91 Å². The first-order chi connectivity index (χ1) is 7.19. The second-order valence-electron chi connectivity index (χ2n) is 4.28. The lowest BCUT2D eigenvalue weighted by Crippen LogP contribution is -2.51. The zero-order valence-corrected chi connectivity index (χ0v) is 9.88. The number of nitrogens with one attached hydrogen (secondary N) is 2. The largest absolute Gasteiger partial charge is 0.383 e. The van der Waals surface area contributed by atoms with E-state index in [0.29, 0.717) is 12.5 Å². The Kier molecular flexibility index (Phi) is 5.05. The summed E-state index contributed by atoms with van der Waals surface area (Å²) in [5.41, 5.74) is 0. The van der Waals surface area contributed by atoms with E-state index in [2.05, 4.69) is 17.6 Å². The molecule has 1 aliphatic rings. The van der Waals surface area contributed by atoms with E-state index in [1.807, 2.05) is 6.92 Å². The molecule has 88 valence electrons. The van der Waals surface area contributed by atoms with Gasteiger partial charge in [-0.15, -0.1) is 0 Å². The first-order valence-corrected chi connectivity index (χ1v) is 5.69. The molecule has 0 aromatic rings. The first-order valence-electron chi connectivity index (χ1n) is 5.69. The Morgan fingerprint density at radius 1 is 1.60 bits per heavy atom. The molecule has 0 saturated carbocycles. The summed E-state index contributed by atoms with van der Waals surface area (Å²) in [6.45, 7) is 6.59. The molecule has 0 aromatic carbocycles. The molecule has 1 saturated heterocycles. The summed E-state index contributed by atoms with van der Waals surface area (Å²) in [5, 5.41) is 6.21. The molecule has 15 heavy (non-hydrogen) atoms. The van der Waals surface area contributed by atoms with Crippen molar-refractivity contribution in [2.75, 3.05) is 26.8 Å². The van der Waals surface area contributed by atoms with Crippen LogP contribution in [-0.2, 0) is 9.53 Å². The Hall–Kier alpha value is -0.610. The number of carbonyl (C=O) groups is 1. The molecule has 2 N–H and O–H groups in total. The van der Waals surface area contributed by atoms with Gasteiger partial charge in [-0.3, -0.25) is 4.79 Å². The molecule has 0 bridgehead atoms. The van der Waals surface area contributed by atoms with Gasteiger partial charge in [0.15, 0.2) is 0 Å². The van der Waals surface area contributed by atoms with Gasteiger partial charge >= 0.3 is 0 Å². The molecular formula is C11H22N2O2. The van der Waals surface area contributed by atoms with E-state index >= 15 is 0 Å². The van der Waals surface area contributed by atoms with Gasteiger partial charge in [0.1, 0.15) is 0 Å². The predicted octanol–water partition coefficient (Wildman–Crippen LogP) is 0.383. The van der Waals surface area contributed by atoms with Crippen molar-refractivity contribution in [1.29, 1.82) is 0 Å². The minimum atomic E-state index is 0.108. The van der Waals surface area contributed by atoms with Crippen LogP contribution in [0, 0.1) is 11.8 Å². The molecule has 1 rings (SSSR count). The maximum absolute atomic E-state index is 11.8. The van der Waals surface area contributed by atoms with Gasteiger partial charge < -0.3 is 15.4 Å². The highest BCUT2D eigenvalue weighted by atomic mass is 16.5. The quantitative estimate of drug-likeness (QED) is 0.672. The molecule has 1 fully saturated rings. The highest BCUT2D eigenvalue weighted by molar-refractivity contribution is 5.79. The standard InChI is InChI=1S/C11H22N2O2/c1-4-10(7-15-3)13-11(14)8(2)9-5-12-6-9/h8-10,12H,4-7H2,1-3H3,(H,13,14). The van der Waals surface area contributed by atoms with Crippen LogP contribution >= 0.6 is 0 Å². The molecule has 0 aromatic heterocycles. The summed E-state index contributed by atoms with van der Waals surface area (Å²) in [4.78, 5) is 11.8. The smallest absolute Gasteiger partial charge is 0.223 e. The molecule has 4 heteroatoms. The fraction of sp³-hybridized carbons (Fsp3) is 0.909. The summed E-state index contributed by atoms with van der Waals surface area (Å²) in [7, 11) is 1.66. The van der Waals surface area contributed by atoms with Crippen molar-refractivity contribution in [3.63, 3.8) is 0 Å². The van der Waals surface area contributed by atoms with Gasteiger partial charge in [-0.2, -0.15) is 0 Å². The number of ether oxygens (including phenoxy) is 1. The molecular weight excluding hydrogens is 192 g/mol. The number of rotatable bonds is 6. The summed E-state index contributed by atoms with van der Waals surface area (Å²) in [5.74, 6) is 0.771. The van der Waals surface area contributed by atoms with E-state index in [1.54, 1.807) is 7.11 Å². The topological polar surface area (TPSA) is 50.4 Å². The third-order valence-electron chi connectivity index (χ3n) is 3.14. The highest BCUT2D eigenvalue weighted by Gasteiger charge is 2.29. The van der Waals surface area contributed by atoms with E-state index in [4.69, 9.17) is 4.74 Å². The number of methoxy groups -OCH3 is 1. The molecule has 0 spiro atoms. The lowest BCUT2D eigenvalue weighted by atomic mass is 9.88. The molecule has 4 nitrogen and oxygen atoms in total. The van der Waals surface area contributed by atoms with Gasteiger partial charge in [0, 0.05) is 13.0 Å². The van der Waals surface area contributed by atoms with E-state index in [1.165, 1.54) is 0 Å². The number of carbonyl (C=O) groups excluding carboxylic acids is 1. The van der Waals surface area contributed by atoms with Crippen molar-refractivity contribution in [2.45, 2.75) is 26.3 Å². The number of hydrogen-bond donors (Lipinski definition) is 2. The fourth-order valence-electron chi connectivity index (χ4n) is 1.67. The van der Waals surface area contributed by atoms with Crippen LogP contribution in [0.5, 0.6) is 0 Å². The normalized spacial score (nSPS) is 20.5. The molecule has 2 unspecified atom stereocenters. The van der Waals surface area contributed by atoms with Crippen LogP contribution in [-0.4, -0.2) is 38.8 Å². The summed E-state index contributed by atoms with van der Waals surface area (Å²) in [6, 6.07) is 0.151. The third kappa shape index (κ3) is 3.47. The third-order valence-corrected chi connectivity index (χ3v) is 3.14. The molecule has 1 heterocycles. The SMILES string of the molecule is CCC(COC)NC(=O)C(C)C1CNC1. The van der Waals surface area contributed by atoms with E-state index in [9.17, 15) is 4.79 Å². The Morgan fingerprint density at radius 3 is 2.67 bits per heavy atom. The predicted molar refractivity (Wildman–Crippen MR) is 59.6 cm³/mol. The zero-order valence-electron chi connectivity index (χ0n) is 9.88. The van der Waals surface area contributed by atoms with Crippen LogP contribution in [0.1, 0.15) is 20.3 Å². The molecule has 1 amide bonds. The van der Waals surface area contributed by atoms with Gasteiger partial charge in [0.25, 0.3) is 0 Å². The van der Waals surface area contributed by atoms with Gasteiger partial charge in [-0.25, -0.2) is 0 Å². The van der Waals surface area contributed by atoms with Crippen LogP contribution in [0.25, 0.3) is 0 Å². The van der Waals surface area contributed by atoms with Gasteiger partial charge in [-0.1, -0.05) is 13.8 Å². The first kappa shape index (κ1) is 12.5. The van der Waals surface area contributed by atoms with Crippen molar-refractivity contribution in [2.24, 2.45) is 11.8 Å². The van der Waals surface area contributed by atoms with E-state index in [-0.39, 0.29) is 17.9 Å². The van der Waals surface area contributed by atoms with Gasteiger partial charge in [-0.05, 0) is 25.4 Å². The van der Waals surface area contributed by atoms with E-state index < -0.39 is 0 Å². The summed E-state index contributed by atoms with van der Waals surface area (Å²) >= 11 is 0. The average molecular weight is 214 g/mol. The van der Waals surface area contributed by atoms with Crippen LogP contribution in [0.4, 0.5) is 0 Å². The van der Waals surface area contributed by atoms with Crippen molar-refractivity contribution in [3.8, 4) is 0 Å². The Morgan fingerprint density at radius 2 is 2.27 bits per heavy atom. The molecule has 0 aliphatic carbocycles. The molecule has 2 atom stereocenters. The van der Waals surface area contributed by atoms with Crippen molar-refractivity contribution in [1.82, 2.24) is 10.6 Å². The van der Waals surface area contributed by atoms with Gasteiger partial charge in [0.05, 0.1) is 12.6 Å². The summed E-state index contributed by atoms with van der Waals surface area (Å²) < 4.78 is 5.05. The average Bonchev–Trinajstić information content (AvgIpc) is 2.14. The second kappa shape index (κ2) is 6.08. The Labute approximate surface area is 91.8 Å². The molecule has 1 aliphatic heterocycles. The lowest BCUT2D eigenvalue weighted by Gasteiger charge is -2.32. The van der Waals surface area contributed by atoms with Crippen LogP contribution in [0.15, 0.2) is 0 Å². The Balaban J connectivity index is 2.31. The summed E-state index contributed by atoms with van der Waals surface area (Å²) in [6.07, 6.45) is 0.912. The van der Waals surface area contributed by atoms with Gasteiger partial charge in [0.2, 0.25) is 5.91 Å². The zero-order chi connectivity index (χ0) is 11.3. The minimum Gasteiger partial charge on any atom is -0.383 e. The Bertz CT molecular complexity index is 205. The maximum Gasteiger partial charge on any atom is 0.223 e. The number of hydrogen-bond acceptors (Lipinski definition) is 3. The number of amides is 1. The van der Waals surface area contributed by atoms with Crippen molar-refractivity contribution < 1.29 is 9.53 Å². The minimum absolute atomic E-state index is 0.108. The second-order valence-corrected chi connectivity index (χ2v) is 4.28. The van der Waals surface area contributed by atoms with Crippen LogP contribution in [0.3, 0.4) is 0 Å². The highest BCUT2D eigenvalue weighted by Crippen LogP contribution is 2.16. The maximum atomic E-state index is 11.8. The molecule has 0 radical (unpaired) electrons. The fourth-order valence-corrected chi connectivity index (χ4v) is 1.67. The van der Waals surface area contributed by atoms with Crippen LogP contribution in [0.2, 0.25) is 0 Å². The van der Waals surface area contributed by atoms with E-state index in [0.717, 1.165) is 19.5 Å². The lowest BCUT2D eigenvalue weighted by molar-refractivity contribution is -0.127. The monoisotopic (exact) mass is 214 g/mol. The van der Waals surface area contributed by atoms with Crippen LogP contribution < -0.4 is 10.6 Å². The van der Waals surface area contributed by atoms with Crippen molar-refractivity contribution in [3.05, 3.63) is 0 Å².